The molecule has 1 saturated heterocycles. The van der Waals surface area contributed by atoms with Crippen LogP contribution in [0.25, 0.3) is 0 Å². The highest BCUT2D eigenvalue weighted by atomic mass is 16.5. The van der Waals surface area contributed by atoms with E-state index in [0.29, 0.717) is 13.0 Å². The van der Waals surface area contributed by atoms with E-state index >= 15 is 0 Å². The fourth-order valence-electron chi connectivity index (χ4n) is 3.05. The molecule has 2 rings (SSSR count). The summed E-state index contributed by atoms with van der Waals surface area (Å²) in [5.41, 5.74) is 2.03. The largest absolute Gasteiger partial charge is 0.481 e. The summed E-state index contributed by atoms with van der Waals surface area (Å²) in [4.78, 5) is 25.1. The number of amides is 1. The van der Waals surface area contributed by atoms with E-state index in [1.54, 1.807) is 12.0 Å². The Hall–Kier alpha value is -1.36. The summed E-state index contributed by atoms with van der Waals surface area (Å²) in [7, 11) is 1.61. The number of carboxylic acid groups (broad SMARTS) is 1. The first kappa shape index (κ1) is 14.1. The number of hydrogen-bond donors (Lipinski definition) is 1. The number of methoxy groups -OCH3 is 1. The second-order valence-electron chi connectivity index (χ2n) is 5.42. The van der Waals surface area contributed by atoms with Crippen molar-refractivity contribution in [2.24, 2.45) is 0 Å². The smallest absolute Gasteiger partial charge is 0.305 e. The van der Waals surface area contributed by atoms with Crippen molar-refractivity contribution < 1.29 is 19.4 Å². The van der Waals surface area contributed by atoms with Crippen LogP contribution in [0.15, 0.2) is 11.1 Å². The first-order valence-corrected chi connectivity index (χ1v) is 6.77. The Bertz CT molecular complexity index is 416. The second kappa shape index (κ2) is 5.74. The zero-order chi connectivity index (χ0) is 14.0. The third kappa shape index (κ3) is 2.97. The molecule has 1 aliphatic heterocycles. The lowest BCUT2D eigenvalue weighted by atomic mass is 10.1. The van der Waals surface area contributed by atoms with Gasteiger partial charge in [-0.3, -0.25) is 9.59 Å². The Labute approximate surface area is 113 Å². The lowest BCUT2D eigenvalue weighted by Crippen LogP contribution is -2.38. The summed E-state index contributed by atoms with van der Waals surface area (Å²) in [6.45, 7) is 2.50. The number of likely N-dealkylation sites (tertiary alicyclic amines) is 1. The number of carboxylic acids is 1. The molecule has 1 fully saturated rings. The van der Waals surface area contributed by atoms with Gasteiger partial charge in [0.05, 0.1) is 12.5 Å². The fourth-order valence-corrected chi connectivity index (χ4v) is 3.05. The Morgan fingerprint density at radius 1 is 1.42 bits per heavy atom. The quantitative estimate of drug-likeness (QED) is 0.839. The Balaban J connectivity index is 2.13. The van der Waals surface area contributed by atoms with Gasteiger partial charge in [-0.2, -0.15) is 0 Å². The number of aliphatic carboxylic acids is 1. The average Bonchev–Trinajstić information content (AvgIpc) is 2.94. The van der Waals surface area contributed by atoms with Crippen LogP contribution in [0, 0.1) is 0 Å². The van der Waals surface area contributed by atoms with Crippen molar-refractivity contribution >= 4 is 11.9 Å². The van der Waals surface area contributed by atoms with Crippen molar-refractivity contribution in [1.29, 1.82) is 0 Å². The maximum atomic E-state index is 12.5. The maximum absolute atomic E-state index is 12.5. The number of rotatable bonds is 4. The van der Waals surface area contributed by atoms with Crippen molar-refractivity contribution in [2.45, 2.75) is 51.2 Å². The van der Waals surface area contributed by atoms with Gasteiger partial charge in [-0.15, -0.1) is 0 Å². The van der Waals surface area contributed by atoms with Crippen LogP contribution < -0.4 is 0 Å². The summed E-state index contributed by atoms with van der Waals surface area (Å²) < 4.78 is 5.29. The molecule has 5 nitrogen and oxygen atoms in total. The van der Waals surface area contributed by atoms with Gasteiger partial charge in [0.15, 0.2) is 0 Å². The first-order valence-electron chi connectivity index (χ1n) is 6.77. The minimum atomic E-state index is -0.864. The summed E-state index contributed by atoms with van der Waals surface area (Å²) >= 11 is 0. The molecular formula is C14H21NO4. The molecular weight excluding hydrogens is 246 g/mol. The number of carbonyl (C=O) groups is 2. The van der Waals surface area contributed by atoms with Gasteiger partial charge in [0, 0.05) is 25.3 Å². The molecule has 1 N–H and O–H groups in total. The lowest BCUT2D eigenvalue weighted by Gasteiger charge is -2.24. The molecule has 0 aromatic heterocycles. The lowest BCUT2D eigenvalue weighted by molar-refractivity contribution is -0.139. The van der Waals surface area contributed by atoms with Crippen LogP contribution in [-0.4, -0.2) is 47.7 Å². The minimum absolute atomic E-state index is 0.00206. The molecule has 0 aromatic rings. The molecule has 2 atom stereocenters. The van der Waals surface area contributed by atoms with Gasteiger partial charge in [-0.1, -0.05) is 5.57 Å². The Morgan fingerprint density at radius 3 is 2.68 bits per heavy atom. The summed E-state index contributed by atoms with van der Waals surface area (Å²) in [6.07, 6.45) is 3.39. The third-order valence-corrected chi connectivity index (χ3v) is 4.13. The number of nitrogens with zero attached hydrogens (tertiary/aromatic N) is 1. The Kier molecular flexibility index (Phi) is 4.24. The van der Waals surface area contributed by atoms with E-state index in [0.717, 1.165) is 30.4 Å². The Morgan fingerprint density at radius 2 is 2.16 bits per heavy atom. The van der Waals surface area contributed by atoms with Crippen LogP contribution in [0.4, 0.5) is 0 Å². The number of ether oxygens (including phenoxy) is 1. The first-order chi connectivity index (χ1) is 9.02. The third-order valence-electron chi connectivity index (χ3n) is 4.13. The highest BCUT2D eigenvalue weighted by Crippen LogP contribution is 2.31. The van der Waals surface area contributed by atoms with Crippen LogP contribution in [-0.2, 0) is 14.3 Å². The van der Waals surface area contributed by atoms with E-state index in [9.17, 15) is 9.59 Å². The van der Waals surface area contributed by atoms with Crippen molar-refractivity contribution in [3.8, 4) is 0 Å². The fraction of sp³-hybridized carbons (Fsp3) is 0.714. The molecule has 1 amide bonds. The molecule has 5 heteroatoms. The van der Waals surface area contributed by atoms with Crippen LogP contribution in [0.2, 0.25) is 0 Å². The van der Waals surface area contributed by atoms with Crippen LogP contribution in [0.1, 0.15) is 39.0 Å². The number of allylic oxidation sites excluding steroid dienone is 1. The molecule has 0 bridgehead atoms. The van der Waals surface area contributed by atoms with E-state index in [1.807, 2.05) is 6.92 Å². The molecule has 0 saturated carbocycles. The number of carbonyl (C=O) groups excluding carboxylic acids is 1. The van der Waals surface area contributed by atoms with Gasteiger partial charge < -0.3 is 14.7 Å². The second-order valence-corrected chi connectivity index (χ2v) is 5.42. The summed E-state index contributed by atoms with van der Waals surface area (Å²) in [5.74, 6) is -0.850. The molecule has 1 aliphatic carbocycles. The van der Waals surface area contributed by atoms with Gasteiger partial charge in [0.1, 0.15) is 0 Å². The van der Waals surface area contributed by atoms with Gasteiger partial charge >= 0.3 is 5.97 Å². The maximum Gasteiger partial charge on any atom is 0.305 e. The molecule has 19 heavy (non-hydrogen) atoms. The minimum Gasteiger partial charge on any atom is -0.481 e. The predicted molar refractivity (Wildman–Crippen MR) is 69.7 cm³/mol. The van der Waals surface area contributed by atoms with Crippen LogP contribution in [0.5, 0.6) is 0 Å². The van der Waals surface area contributed by atoms with E-state index in [1.165, 1.54) is 0 Å². The predicted octanol–water partition coefficient (Wildman–Crippen LogP) is 1.58. The normalized spacial score (nSPS) is 27.2. The highest BCUT2D eigenvalue weighted by Gasteiger charge is 2.38. The van der Waals surface area contributed by atoms with Gasteiger partial charge in [0.25, 0.3) is 0 Å². The number of hydrogen-bond acceptors (Lipinski definition) is 3. The van der Waals surface area contributed by atoms with Gasteiger partial charge in [-0.25, -0.2) is 0 Å². The topological polar surface area (TPSA) is 66.8 Å². The van der Waals surface area contributed by atoms with Crippen molar-refractivity contribution in [3.05, 3.63) is 11.1 Å². The molecule has 1 heterocycles. The van der Waals surface area contributed by atoms with Crippen LogP contribution in [0.3, 0.4) is 0 Å². The standard InChI is InChI=1S/C14H21NO4/c1-9-4-3-5-12(9)14(18)15-8-11(19-2)6-10(15)7-13(16)17/h10-11H,3-8H2,1-2H3,(H,16,17). The molecule has 2 unspecified atom stereocenters. The zero-order valence-electron chi connectivity index (χ0n) is 11.5. The van der Waals surface area contributed by atoms with E-state index < -0.39 is 5.97 Å². The molecule has 0 radical (unpaired) electrons. The molecule has 2 aliphatic rings. The molecule has 0 spiro atoms. The zero-order valence-corrected chi connectivity index (χ0v) is 11.5. The molecule has 0 aromatic carbocycles. The van der Waals surface area contributed by atoms with E-state index in [-0.39, 0.29) is 24.5 Å². The van der Waals surface area contributed by atoms with Crippen molar-refractivity contribution in [1.82, 2.24) is 4.90 Å². The van der Waals surface area contributed by atoms with Gasteiger partial charge in [-0.05, 0) is 32.6 Å². The van der Waals surface area contributed by atoms with E-state index in [2.05, 4.69) is 0 Å². The summed E-state index contributed by atoms with van der Waals surface area (Å²) in [5, 5.41) is 8.96. The SMILES string of the molecule is COC1CC(CC(=O)O)N(C(=O)C2=C(C)CCC2)C1. The van der Waals surface area contributed by atoms with Gasteiger partial charge in [0.2, 0.25) is 5.91 Å². The van der Waals surface area contributed by atoms with E-state index in [4.69, 9.17) is 9.84 Å². The van der Waals surface area contributed by atoms with Crippen molar-refractivity contribution in [2.75, 3.05) is 13.7 Å². The van der Waals surface area contributed by atoms with Crippen molar-refractivity contribution in [3.63, 3.8) is 0 Å². The summed E-state index contributed by atoms with van der Waals surface area (Å²) in [6, 6.07) is -0.240. The molecule has 106 valence electrons. The average molecular weight is 267 g/mol. The monoisotopic (exact) mass is 267 g/mol. The van der Waals surface area contributed by atoms with Crippen LogP contribution >= 0.6 is 0 Å². The highest BCUT2D eigenvalue weighted by molar-refractivity contribution is 5.95.